The monoisotopic (exact) mass is 197 g/mol. The van der Waals surface area contributed by atoms with Crippen molar-refractivity contribution >= 4 is 11.8 Å². The Morgan fingerprint density at radius 1 is 1.46 bits per heavy atom. The van der Waals surface area contributed by atoms with E-state index in [9.17, 15) is 0 Å². The number of pyridine rings is 1. The van der Waals surface area contributed by atoms with E-state index in [4.69, 9.17) is 5.11 Å². The van der Waals surface area contributed by atoms with Gasteiger partial charge in [0.2, 0.25) is 0 Å². The van der Waals surface area contributed by atoms with Gasteiger partial charge in [0.15, 0.2) is 0 Å². The predicted molar refractivity (Wildman–Crippen MR) is 56.1 cm³/mol. The van der Waals surface area contributed by atoms with Crippen molar-refractivity contribution in [1.82, 2.24) is 4.98 Å². The first-order valence-corrected chi connectivity index (χ1v) is 5.32. The van der Waals surface area contributed by atoms with Crippen LogP contribution < -0.4 is 0 Å². The number of hydrogen-bond acceptors (Lipinski definition) is 3. The lowest BCUT2D eigenvalue weighted by Crippen LogP contribution is -2.03. The van der Waals surface area contributed by atoms with Crippen molar-refractivity contribution in [2.24, 2.45) is 0 Å². The molecule has 2 nitrogen and oxygen atoms in total. The first-order chi connectivity index (χ1) is 6.08. The zero-order valence-corrected chi connectivity index (χ0v) is 9.06. The third-order valence-electron chi connectivity index (χ3n) is 1.55. The minimum atomic E-state index is -0.271. The Balaban J connectivity index is 2.66. The van der Waals surface area contributed by atoms with Gasteiger partial charge in [-0.2, -0.15) is 0 Å². The molecule has 0 bridgehead atoms. The molecule has 0 spiro atoms. The standard InChI is InChI=1S/C10H15NOS/c1-7-4-8(2)11-10(5-7)13-6-9(3)12/h4-5,9,12H,6H2,1-3H3/t9-/m0/s1. The second-order valence-corrected chi connectivity index (χ2v) is 4.32. The summed E-state index contributed by atoms with van der Waals surface area (Å²) in [5, 5.41) is 10.1. The van der Waals surface area contributed by atoms with Crippen molar-refractivity contribution in [3.63, 3.8) is 0 Å². The molecule has 1 aromatic heterocycles. The highest BCUT2D eigenvalue weighted by atomic mass is 32.2. The van der Waals surface area contributed by atoms with Crippen LogP contribution in [0.3, 0.4) is 0 Å². The van der Waals surface area contributed by atoms with Crippen LogP contribution in [-0.2, 0) is 0 Å². The van der Waals surface area contributed by atoms with Gasteiger partial charge < -0.3 is 5.11 Å². The summed E-state index contributed by atoms with van der Waals surface area (Å²) < 4.78 is 0. The molecule has 1 heterocycles. The van der Waals surface area contributed by atoms with E-state index in [2.05, 4.69) is 11.9 Å². The highest BCUT2D eigenvalue weighted by molar-refractivity contribution is 7.99. The molecular formula is C10H15NOS. The molecule has 0 fully saturated rings. The molecule has 1 N–H and O–H groups in total. The second-order valence-electron chi connectivity index (χ2n) is 3.28. The fourth-order valence-corrected chi connectivity index (χ4v) is 1.97. The molecule has 0 radical (unpaired) electrons. The Morgan fingerprint density at radius 2 is 2.15 bits per heavy atom. The van der Waals surface area contributed by atoms with Crippen LogP contribution in [0.1, 0.15) is 18.2 Å². The Labute approximate surface area is 83.4 Å². The number of aromatic nitrogens is 1. The van der Waals surface area contributed by atoms with Crippen LogP contribution in [0.25, 0.3) is 0 Å². The van der Waals surface area contributed by atoms with Gasteiger partial charge in [0, 0.05) is 11.4 Å². The van der Waals surface area contributed by atoms with Crippen molar-refractivity contribution < 1.29 is 5.11 Å². The zero-order valence-electron chi connectivity index (χ0n) is 8.24. The van der Waals surface area contributed by atoms with Gasteiger partial charge in [-0.3, -0.25) is 0 Å². The zero-order chi connectivity index (χ0) is 9.84. The van der Waals surface area contributed by atoms with Gasteiger partial charge in [-0.15, -0.1) is 11.8 Å². The number of hydrogen-bond donors (Lipinski definition) is 1. The molecule has 72 valence electrons. The number of rotatable bonds is 3. The summed E-state index contributed by atoms with van der Waals surface area (Å²) in [6.45, 7) is 5.83. The van der Waals surface area contributed by atoms with Gasteiger partial charge in [-0.1, -0.05) is 0 Å². The fraction of sp³-hybridized carbons (Fsp3) is 0.500. The maximum atomic E-state index is 9.10. The summed E-state index contributed by atoms with van der Waals surface area (Å²) in [6, 6.07) is 4.09. The van der Waals surface area contributed by atoms with Gasteiger partial charge in [0.25, 0.3) is 0 Å². The lowest BCUT2D eigenvalue weighted by Gasteiger charge is -2.05. The molecule has 1 atom stereocenters. The van der Waals surface area contributed by atoms with Gasteiger partial charge in [-0.05, 0) is 38.5 Å². The van der Waals surface area contributed by atoms with Crippen molar-refractivity contribution in [1.29, 1.82) is 0 Å². The van der Waals surface area contributed by atoms with Crippen LogP contribution in [0.15, 0.2) is 17.2 Å². The molecule has 0 aliphatic carbocycles. The molecular weight excluding hydrogens is 182 g/mol. The largest absolute Gasteiger partial charge is 0.393 e. The third kappa shape index (κ3) is 3.79. The molecule has 0 amide bonds. The molecule has 0 unspecified atom stereocenters. The summed E-state index contributed by atoms with van der Waals surface area (Å²) in [6.07, 6.45) is -0.271. The van der Waals surface area contributed by atoms with Gasteiger partial charge in [0.05, 0.1) is 11.1 Å². The van der Waals surface area contributed by atoms with Crippen LogP contribution >= 0.6 is 11.8 Å². The highest BCUT2D eigenvalue weighted by Gasteiger charge is 2.01. The van der Waals surface area contributed by atoms with Crippen LogP contribution in [0.2, 0.25) is 0 Å². The van der Waals surface area contributed by atoms with Gasteiger partial charge in [-0.25, -0.2) is 4.98 Å². The lowest BCUT2D eigenvalue weighted by atomic mass is 10.3. The summed E-state index contributed by atoms with van der Waals surface area (Å²) in [5.41, 5.74) is 2.26. The summed E-state index contributed by atoms with van der Waals surface area (Å²) in [7, 11) is 0. The first-order valence-electron chi connectivity index (χ1n) is 4.34. The van der Waals surface area contributed by atoms with Gasteiger partial charge >= 0.3 is 0 Å². The average Bonchev–Trinajstić information content (AvgIpc) is 1.99. The maximum Gasteiger partial charge on any atom is 0.0966 e. The van der Waals surface area contributed by atoms with E-state index in [0.717, 1.165) is 10.7 Å². The van der Waals surface area contributed by atoms with Crippen molar-refractivity contribution in [3.05, 3.63) is 23.4 Å². The molecule has 0 aliphatic heterocycles. The summed E-state index contributed by atoms with van der Waals surface area (Å²) in [5.74, 6) is 0.704. The van der Waals surface area contributed by atoms with E-state index in [1.807, 2.05) is 19.1 Å². The number of aliphatic hydroxyl groups excluding tert-OH is 1. The lowest BCUT2D eigenvalue weighted by molar-refractivity contribution is 0.220. The topological polar surface area (TPSA) is 33.1 Å². The molecule has 0 aromatic carbocycles. The van der Waals surface area contributed by atoms with E-state index in [0.29, 0.717) is 5.75 Å². The number of thioether (sulfide) groups is 1. The van der Waals surface area contributed by atoms with Crippen LogP contribution in [0, 0.1) is 13.8 Å². The van der Waals surface area contributed by atoms with Crippen molar-refractivity contribution in [3.8, 4) is 0 Å². The number of aryl methyl sites for hydroxylation is 2. The van der Waals surface area contributed by atoms with E-state index in [-0.39, 0.29) is 6.10 Å². The van der Waals surface area contributed by atoms with Gasteiger partial charge in [0.1, 0.15) is 0 Å². The normalized spacial score (nSPS) is 12.9. The van der Waals surface area contributed by atoms with E-state index < -0.39 is 0 Å². The summed E-state index contributed by atoms with van der Waals surface area (Å²) in [4.78, 5) is 4.36. The predicted octanol–water partition coefficient (Wildman–Crippen LogP) is 2.17. The first kappa shape index (κ1) is 10.5. The Kier molecular flexibility index (Phi) is 3.75. The molecule has 1 aromatic rings. The van der Waals surface area contributed by atoms with E-state index in [1.54, 1.807) is 18.7 Å². The molecule has 0 saturated carbocycles. The summed E-state index contributed by atoms with van der Waals surface area (Å²) >= 11 is 1.60. The van der Waals surface area contributed by atoms with E-state index in [1.165, 1.54) is 5.56 Å². The molecule has 0 saturated heterocycles. The number of aliphatic hydroxyl groups is 1. The number of nitrogens with zero attached hydrogens (tertiary/aromatic N) is 1. The maximum absolute atomic E-state index is 9.10. The van der Waals surface area contributed by atoms with Crippen molar-refractivity contribution in [2.75, 3.05) is 5.75 Å². The quantitative estimate of drug-likeness (QED) is 0.754. The molecule has 0 aliphatic rings. The smallest absolute Gasteiger partial charge is 0.0966 e. The minimum absolute atomic E-state index is 0.271. The molecule has 1 rings (SSSR count). The van der Waals surface area contributed by atoms with Crippen LogP contribution in [0.4, 0.5) is 0 Å². The van der Waals surface area contributed by atoms with Crippen LogP contribution in [-0.4, -0.2) is 21.9 Å². The molecule has 3 heteroatoms. The molecule has 13 heavy (non-hydrogen) atoms. The Morgan fingerprint density at radius 3 is 2.69 bits per heavy atom. The highest BCUT2D eigenvalue weighted by Crippen LogP contribution is 2.18. The Hall–Kier alpha value is -0.540. The van der Waals surface area contributed by atoms with Crippen LogP contribution in [0.5, 0.6) is 0 Å². The fourth-order valence-electron chi connectivity index (χ4n) is 1.08. The second kappa shape index (κ2) is 4.63. The SMILES string of the molecule is Cc1cc(C)nc(SC[C@H](C)O)c1. The minimum Gasteiger partial charge on any atom is -0.393 e. The Bertz CT molecular complexity index is 266. The third-order valence-corrected chi connectivity index (χ3v) is 2.70. The average molecular weight is 197 g/mol. The van der Waals surface area contributed by atoms with E-state index >= 15 is 0 Å². The van der Waals surface area contributed by atoms with Crippen molar-refractivity contribution in [2.45, 2.75) is 31.9 Å².